The summed E-state index contributed by atoms with van der Waals surface area (Å²) in [4.78, 5) is 0.294. The first-order chi connectivity index (χ1) is 14.5. The number of nitrogens with one attached hydrogen (secondary N) is 1. The third-order valence-corrected chi connectivity index (χ3v) is 7.18. The third-order valence-electron chi connectivity index (χ3n) is 5.37. The molecule has 0 radical (unpaired) electrons. The maximum atomic E-state index is 13.3. The molecule has 0 saturated heterocycles. The maximum absolute atomic E-state index is 13.3. The average Bonchev–Trinajstić information content (AvgIpc) is 3.10. The molecule has 0 spiro atoms. The molecule has 1 heterocycles. The molecule has 1 atom stereocenters. The minimum atomic E-state index is -3.81. The first-order valence-electron chi connectivity index (χ1n) is 10.0. The molecule has 166 valence electrons. The second-order valence-electron chi connectivity index (χ2n) is 7.57. The summed E-state index contributed by atoms with van der Waals surface area (Å²) in [6, 6.07) is 7.09. The van der Waals surface area contributed by atoms with E-state index in [-0.39, 0.29) is 11.8 Å². The van der Waals surface area contributed by atoms with Crippen molar-refractivity contribution in [1.82, 2.24) is 19.5 Å². The molecule has 31 heavy (non-hydrogen) atoms. The van der Waals surface area contributed by atoms with Gasteiger partial charge in [-0.3, -0.25) is 4.57 Å². The highest BCUT2D eigenvalue weighted by Crippen LogP contribution is 2.28. The van der Waals surface area contributed by atoms with Crippen LogP contribution in [0.1, 0.15) is 48.0 Å². The Bertz CT molecular complexity index is 1180. The molecule has 0 aliphatic heterocycles. The number of aromatic nitrogens is 3. The molecular formula is C22H27FN4O3S. The van der Waals surface area contributed by atoms with E-state index >= 15 is 0 Å². The molecule has 0 unspecified atom stereocenters. The monoisotopic (exact) mass is 446 g/mol. The summed E-state index contributed by atoms with van der Waals surface area (Å²) in [5, 5.41) is 8.20. The minimum absolute atomic E-state index is 0.203. The smallest absolute Gasteiger partial charge is 0.322 e. The van der Waals surface area contributed by atoms with Gasteiger partial charge in [-0.15, -0.1) is 5.10 Å². The quantitative estimate of drug-likeness (QED) is 0.577. The van der Waals surface area contributed by atoms with Gasteiger partial charge in [0.1, 0.15) is 11.6 Å². The van der Waals surface area contributed by atoms with Gasteiger partial charge in [-0.25, -0.2) is 17.5 Å². The Hall–Kier alpha value is -2.78. The van der Waals surface area contributed by atoms with Gasteiger partial charge in [0.15, 0.2) is 5.82 Å². The SMILES string of the molecule is CCn1c(Oc2ccc(F)cc2)nnc1[C@@H](C)NS(=O)(=O)c1c(C)c(C)cc(C)c1C. The predicted octanol–water partition coefficient (Wildman–Crippen LogP) is 4.50. The zero-order chi connectivity index (χ0) is 22.9. The van der Waals surface area contributed by atoms with Gasteiger partial charge < -0.3 is 4.74 Å². The van der Waals surface area contributed by atoms with Crippen molar-refractivity contribution in [3.05, 3.63) is 64.2 Å². The van der Waals surface area contributed by atoms with Crippen molar-refractivity contribution in [2.75, 3.05) is 0 Å². The van der Waals surface area contributed by atoms with Crippen LogP contribution in [0.4, 0.5) is 4.39 Å². The molecule has 3 rings (SSSR count). The lowest BCUT2D eigenvalue weighted by atomic mass is 10.0. The van der Waals surface area contributed by atoms with Crippen LogP contribution in [0, 0.1) is 33.5 Å². The van der Waals surface area contributed by atoms with Crippen LogP contribution in [-0.4, -0.2) is 23.2 Å². The number of hydrogen-bond donors (Lipinski definition) is 1. The molecule has 0 saturated carbocycles. The van der Waals surface area contributed by atoms with Gasteiger partial charge in [0, 0.05) is 6.54 Å². The minimum Gasteiger partial charge on any atom is -0.424 e. The van der Waals surface area contributed by atoms with Crippen molar-refractivity contribution in [2.45, 2.75) is 59.0 Å². The van der Waals surface area contributed by atoms with Crippen LogP contribution in [-0.2, 0) is 16.6 Å². The molecule has 3 aromatic rings. The lowest BCUT2D eigenvalue weighted by Crippen LogP contribution is -2.30. The lowest BCUT2D eigenvalue weighted by molar-refractivity contribution is 0.407. The van der Waals surface area contributed by atoms with Gasteiger partial charge in [-0.1, -0.05) is 11.2 Å². The van der Waals surface area contributed by atoms with Gasteiger partial charge in [-0.2, -0.15) is 0 Å². The van der Waals surface area contributed by atoms with Crippen molar-refractivity contribution in [1.29, 1.82) is 0 Å². The van der Waals surface area contributed by atoms with Crippen LogP contribution >= 0.6 is 0 Å². The molecule has 2 aromatic carbocycles. The van der Waals surface area contributed by atoms with E-state index in [0.29, 0.717) is 23.0 Å². The van der Waals surface area contributed by atoms with E-state index in [1.54, 1.807) is 11.5 Å². The standard InChI is InChI=1S/C22H27FN4O3S/c1-7-27-21(24-25-22(27)30-19-10-8-18(23)9-11-19)17(6)26-31(28,29)20-15(4)13(2)12-14(3)16(20)5/h8-12,17,26H,7H2,1-6H3/t17-/m1/s1. The second-order valence-corrected chi connectivity index (χ2v) is 9.22. The van der Waals surface area contributed by atoms with Crippen molar-refractivity contribution in [3.63, 3.8) is 0 Å². The van der Waals surface area contributed by atoms with Crippen LogP contribution in [0.2, 0.25) is 0 Å². The zero-order valence-electron chi connectivity index (χ0n) is 18.5. The maximum Gasteiger partial charge on any atom is 0.322 e. The fourth-order valence-corrected chi connectivity index (χ4v) is 5.35. The van der Waals surface area contributed by atoms with Crippen molar-refractivity contribution in [3.8, 4) is 11.8 Å². The number of hydrogen-bond acceptors (Lipinski definition) is 5. The van der Waals surface area contributed by atoms with Gasteiger partial charge >= 0.3 is 6.01 Å². The molecule has 7 nitrogen and oxygen atoms in total. The third kappa shape index (κ3) is 4.62. The first kappa shape index (κ1) is 22.9. The Morgan fingerprint density at radius 3 is 2.19 bits per heavy atom. The summed E-state index contributed by atoms with van der Waals surface area (Å²) in [6.45, 7) is 11.5. The molecular weight excluding hydrogens is 419 g/mol. The van der Waals surface area contributed by atoms with E-state index in [1.807, 2.05) is 40.7 Å². The summed E-state index contributed by atoms with van der Waals surface area (Å²) in [7, 11) is -3.81. The molecule has 0 aliphatic carbocycles. The fourth-order valence-electron chi connectivity index (χ4n) is 3.53. The van der Waals surface area contributed by atoms with E-state index in [9.17, 15) is 12.8 Å². The van der Waals surface area contributed by atoms with E-state index in [2.05, 4.69) is 14.9 Å². The number of rotatable bonds is 7. The van der Waals surface area contributed by atoms with Crippen LogP contribution in [0.15, 0.2) is 35.2 Å². The Labute approximate surface area is 182 Å². The highest BCUT2D eigenvalue weighted by Gasteiger charge is 2.27. The highest BCUT2D eigenvalue weighted by molar-refractivity contribution is 7.89. The van der Waals surface area contributed by atoms with Gasteiger partial charge in [0.25, 0.3) is 0 Å². The average molecular weight is 447 g/mol. The van der Waals surface area contributed by atoms with Crippen molar-refractivity contribution >= 4 is 10.0 Å². The number of benzene rings is 2. The van der Waals surface area contributed by atoms with Crippen LogP contribution in [0.3, 0.4) is 0 Å². The molecule has 0 fully saturated rings. The molecule has 1 aromatic heterocycles. The second kappa shape index (κ2) is 8.76. The number of nitrogens with zero attached hydrogens (tertiary/aromatic N) is 3. The Balaban J connectivity index is 1.91. The highest BCUT2D eigenvalue weighted by atomic mass is 32.2. The molecule has 0 aliphatic rings. The van der Waals surface area contributed by atoms with E-state index in [4.69, 9.17) is 4.74 Å². The summed E-state index contributed by atoms with van der Waals surface area (Å²) in [6.07, 6.45) is 0. The van der Waals surface area contributed by atoms with Crippen LogP contribution in [0.25, 0.3) is 0 Å². The zero-order valence-corrected chi connectivity index (χ0v) is 19.3. The normalized spacial score (nSPS) is 12.7. The number of halogens is 1. The Kier molecular flexibility index (Phi) is 6.47. The molecule has 0 bridgehead atoms. The molecule has 0 amide bonds. The Morgan fingerprint density at radius 1 is 1.06 bits per heavy atom. The van der Waals surface area contributed by atoms with E-state index in [0.717, 1.165) is 22.3 Å². The molecule has 9 heteroatoms. The number of aryl methyl sites for hydroxylation is 2. The van der Waals surface area contributed by atoms with Crippen LogP contribution < -0.4 is 9.46 Å². The molecule has 1 N–H and O–H groups in total. The van der Waals surface area contributed by atoms with Gasteiger partial charge in [0.2, 0.25) is 10.0 Å². The largest absolute Gasteiger partial charge is 0.424 e. The summed E-state index contributed by atoms with van der Waals surface area (Å²) in [5.74, 6) is 0.456. The van der Waals surface area contributed by atoms with E-state index in [1.165, 1.54) is 24.3 Å². The van der Waals surface area contributed by atoms with Gasteiger partial charge in [0.05, 0.1) is 10.9 Å². The topological polar surface area (TPSA) is 86.1 Å². The van der Waals surface area contributed by atoms with Crippen molar-refractivity contribution < 1.29 is 17.5 Å². The fraction of sp³-hybridized carbons (Fsp3) is 0.364. The number of ether oxygens (including phenoxy) is 1. The lowest BCUT2D eigenvalue weighted by Gasteiger charge is -2.19. The predicted molar refractivity (Wildman–Crippen MR) is 116 cm³/mol. The Morgan fingerprint density at radius 2 is 1.65 bits per heavy atom. The summed E-state index contributed by atoms with van der Waals surface area (Å²) >= 11 is 0. The van der Waals surface area contributed by atoms with Gasteiger partial charge in [-0.05, 0) is 88.1 Å². The number of sulfonamides is 1. The van der Waals surface area contributed by atoms with E-state index < -0.39 is 16.1 Å². The first-order valence-corrected chi connectivity index (χ1v) is 11.5. The summed E-state index contributed by atoms with van der Waals surface area (Å²) < 4.78 is 49.8. The van der Waals surface area contributed by atoms with Crippen molar-refractivity contribution in [2.24, 2.45) is 0 Å². The van der Waals surface area contributed by atoms with Crippen LogP contribution in [0.5, 0.6) is 11.8 Å². The summed E-state index contributed by atoms with van der Waals surface area (Å²) in [5.41, 5.74) is 3.28.